The van der Waals surface area contributed by atoms with Gasteiger partial charge in [-0.1, -0.05) is 30.3 Å². The Labute approximate surface area is 189 Å². The van der Waals surface area contributed by atoms with E-state index >= 15 is 0 Å². The van der Waals surface area contributed by atoms with Crippen molar-refractivity contribution in [3.05, 3.63) is 89.5 Å². The van der Waals surface area contributed by atoms with Crippen molar-refractivity contribution in [1.82, 2.24) is 0 Å². The van der Waals surface area contributed by atoms with Crippen LogP contribution in [0.3, 0.4) is 0 Å². The lowest BCUT2D eigenvalue weighted by atomic mass is 10.1. The number of carbonyl (C=O) groups excluding carboxylic acids is 1. The second-order valence-corrected chi connectivity index (χ2v) is 8.87. The van der Waals surface area contributed by atoms with E-state index in [-0.39, 0.29) is 16.0 Å². The van der Waals surface area contributed by atoms with Crippen LogP contribution in [0.4, 0.5) is 18.9 Å². The average Bonchev–Trinajstić information content (AvgIpc) is 2.81. The van der Waals surface area contributed by atoms with Crippen molar-refractivity contribution in [3.8, 4) is 5.75 Å². The lowest BCUT2D eigenvalue weighted by Gasteiger charge is -2.21. The summed E-state index contributed by atoms with van der Waals surface area (Å²) in [6.45, 7) is -0.578. The first-order chi connectivity index (χ1) is 15.6. The summed E-state index contributed by atoms with van der Waals surface area (Å²) in [6.07, 6.45) is -4.58. The summed E-state index contributed by atoms with van der Waals surface area (Å²) >= 11 is 0. The molecule has 0 aliphatic heterocycles. The highest BCUT2D eigenvalue weighted by Gasteiger charge is 2.33. The van der Waals surface area contributed by atoms with E-state index in [1.807, 2.05) is 0 Å². The van der Waals surface area contributed by atoms with E-state index in [1.54, 1.807) is 24.3 Å². The van der Waals surface area contributed by atoms with E-state index in [9.17, 15) is 26.4 Å². The second-order valence-electron chi connectivity index (χ2n) is 6.90. The lowest BCUT2D eigenvalue weighted by molar-refractivity contribution is -0.138. The molecule has 0 spiro atoms. The molecule has 0 fully saturated rings. The fourth-order valence-electron chi connectivity index (χ4n) is 3.09. The van der Waals surface area contributed by atoms with Gasteiger partial charge in [0, 0.05) is 12.6 Å². The first kappa shape index (κ1) is 24.1. The molecule has 0 amide bonds. The van der Waals surface area contributed by atoms with Gasteiger partial charge in [0.2, 0.25) is 0 Å². The van der Waals surface area contributed by atoms with Crippen LogP contribution in [0.25, 0.3) is 0 Å². The molecule has 0 heterocycles. The number of carbonyl (C=O) groups is 1. The Kier molecular flexibility index (Phi) is 6.97. The van der Waals surface area contributed by atoms with Gasteiger partial charge in [-0.3, -0.25) is 4.31 Å². The maximum absolute atomic E-state index is 13.1. The molecule has 6 nitrogen and oxygen atoms in total. The summed E-state index contributed by atoms with van der Waals surface area (Å²) in [6, 6.07) is 16.3. The average molecular weight is 479 g/mol. The molecule has 0 radical (unpaired) electrons. The van der Waals surface area contributed by atoms with E-state index in [1.165, 1.54) is 56.6 Å². The Balaban J connectivity index is 1.75. The maximum atomic E-state index is 13.1. The monoisotopic (exact) mass is 479 g/mol. The van der Waals surface area contributed by atoms with Gasteiger partial charge >= 0.3 is 12.1 Å². The minimum atomic E-state index is -4.58. The van der Waals surface area contributed by atoms with Crippen LogP contribution in [-0.2, 0) is 27.5 Å². The van der Waals surface area contributed by atoms with Crippen LogP contribution in [0.15, 0.2) is 77.7 Å². The highest BCUT2D eigenvalue weighted by Crippen LogP contribution is 2.33. The molecule has 0 aliphatic rings. The Morgan fingerprint density at radius 3 is 2.18 bits per heavy atom. The smallest absolute Gasteiger partial charge is 0.416 e. The lowest BCUT2D eigenvalue weighted by Crippen LogP contribution is -2.27. The zero-order valence-electron chi connectivity index (χ0n) is 17.7. The molecule has 0 aliphatic carbocycles. The van der Waals surface area contributed by atoms with Gasteiger partial charge in [0.15, 0.2) is 0 Å². The number of halogens is 3. The predicted octanol–water partition coefficient (Wildman–Crippen LogP) is 4.90. The number of sulfonamides is 1. The number of alkyl halides is 3. The molecular weight excluding hydrogens is 459 g/mol. The standard InChI is InChI=1S/C23H20F3NO5S/c1-27(20-9-5-6-10-21(20)31-2)33(29,30)18-13-11-16(12-14-18)22(28)32-15-17-7-3-4-8-19(17)23(24,25)26/h3-14H,15H2,1-2H3. The predicted molar refractivity (Wildman–Crippen MR) is 116 cm³/mol. The minimum Gasteiger partial charge on any atom is -0.495 e. The van der Waals surface area contributed by atoms with Crippen LogP contribution < -0.4 is 9.04 Å². The van der Waals surface area contributed by atoms with Gasteiger partial charge < -0.3 is 9.47 Å². The van der Waals surface area contributed by atoms with Crippen LogP contribution in [0.1, 0.15) is 21.5 Å². The number of para-hydroxylation sites is 2. The number of benzene rings is 3. The SMILES string of the molecule is COc1ccccc1N(C)S(=O)(=O)c1ccc(C(=O)OCc2ccccc2C(F)(F)F)cc1. The van der Waals surface area contributed by atoms with E-state index in [0.29, 0.717) is 11.4 Å². The van der Waals surface area contributed by atoms with Crippen molar-refractivity contribution in [2.24, 2.45) is 0 Å². The number of anilines is 1. The zero-order chi connectivity index (χ0) is 24.2. The van der Waals surface area contributed by atoms with Crippen LogP contribution >= 0.6 is 0 Å². The van der Waals surface area contributed by atoms with E-state index in [0.717, 1.165) is 10.4 Å². The first-order valence-corrected chi connectivity index (χ1v) is 11.0. The number of ether oxygens (including phenoxy) is 2. The number of methoxy groups -OCH3 is 1. The Bertz CT molecular complexity index is 1240. The molecule has 3 rings (SSSR count). The molecule has 0 bridgehead atoms. The fraction of sp³-hybridized carbons (Fsp3) is 0.174. The van der Waals surface area contributed by atoms with Gasteiger partial charge in [-0.2, -0.15) is 13.2 Å². The highest BCUT2D eigenvalue weighted by atomic mass is 32.2. The van der Waals surface area contributed by atoms with Crippen molar-refractivity contribution in [1.29, 1.82) is 0 Å². The molecule has 3 aromatic carbocycles. The van der Waals surface area contributed by atoms with Gasteiger partial charge in [-0.15, -0.1) is 0 Å². The van der Waals surface area contributed by atoms with Gasteiger partial charge in [-0.05, 0) is 42.5 Å². The molecule has 0 unspecified atom stereocenters. The van der Waals surface area contributed by atoms with Gasteiger partial charge in [0.05, 0.1) is 28.8 Å². The fourth-order valence-corrected chi connectivity index (χ4v) is 4.30. The molecular formula is C23H20F3NO5S. The molecule has 0 N–H and O–H groups in total. The van der Waals surface area contributed by atoms with Crippen LogP contribution in [0, 0.1) is 0 Å². The van der Waals surface area contributed by atoms with Crippen molar-refractivity contribution in [2.45, 2.75) is 17.7 Å². The number of esters is 1. The summed E-state index contributed by atoms with van der Waals surface area (Å²) < 4.78 is 76.4. The normalized spacial score (nSPS) is 11.7. The zero-order valence-corrected chi connectivity index (χ0v) is 18.5. The third kappa shape index (κ3) is 5.28. The first-order valence-electron chi connectivity index (χ1n) is 9.60. The van der Waals surface area contributed by atoms with Crippen molar-refractivity contribution >= 4 is 21.7 Å². The van der Waals surface area contributed by atoms with E-state index < -0.39 is 34.3 Å². The molecule has 3 aromatic rings. The Morgan fingerprint density at radius 1 is 0.939 bits per heavy atom. The van der Waals surface area contributed by atoms with Crippen molar-refractivity contribution in [2.75, 3.05) is 18.5 Å². The molecule has 0 saturated carbocycles. The summed E-state index contributed by atoms with van der Waals surface area (Å²) in [7, 11) is -1.18. The quantitative estimate of drug-likeness (QED) is 0.451. The summed E-state index contributed by atoms with van der Waals surface area (Å²) in [4.78, 5) is 12.2. The van der Waals surface area contributed by atoms with Crippen molar-refractivity contribution < 1.29 is 35.9 Å². The van der Waals surface area contributed by atoms with E-state index in [2.05, 4.69) is 0 Å². The Hall–Kier alpha value is -3.53. The summed E-state index contributed by atoms with van der Waals surface area (Å²) in [5, 5.41) is 0. The molecule has 10 heteroatoms. The molecule has 0 atom stereocenters. The number of nitrogens with zero attached hydrogens (tertiary/aromatic N) is 1. The summed E-state index contributed by atoms with van der Waals surface area (Å²) in [5.41, 5.74) is -0.750. The molecule has 174 valence electrons. The van der Waals surface area contributed by atoms with Gasteiger partial charge in [-0.25, -0.2) is 13.2 Å². The second kappa shape index (κ2) is 9.53. The minimum absolute atomic E-state index is 0.00150. The summed E-state index contributed by atoms with van der Waals surface area (Å²) in [5.74, 6) is -0.517. The molecule has 0 saturated heterocycles. The molecule has 0 aromatic heterocycles. The van der Waals surface area contributed by atoms with Crippen molar-refractivity contribution in [3.63, 3.8) is 0 Å². The number of hydrogen-bond donors (Lipinski definition) is 0. The number of rotatable bonds is 7. The van der Waals surface area contributed by atoms with Gasteiger partial charge in [0.25, 0.3) is 10.0 Å². The highest BCUT2D eigenvalue weighted by molar-refractivity contribution is 7.92. The number of hydrogen-bond acceptors (Lipinski definition) is 5. The molecule has 33 heavy (non-hydrogen) atoms. The maximum Gasteiger partial charge on any atom is 0.416 e. The Morgan fingerprint density at radius 2 is 1.55 bits per heavy atom. The third-order valence-corrected chi connectivity index (χ3v) is 6.64. The van der Waals surface area contributed by atoms with Crippen LogP contribution in [0.2, 0.25) is 0 Å². The van der Waals surface area contributed by atoms with Gasteiger partial charge in [0.1, 0.15) is 12.4 Å². The topological polar surface area (TPSA) is 72.9 Å². The largest absolute Gasteiger partial charge is 0.495 e. The van der Waals surface area contributed by atoms with Crippen LogP contribution in [-0.4, -0.2) is 28.5 Å². The van der Waals surface area contributed by atoms with Crippen LogP contribution in [0.5, 0.6) is 5.75 Å². The van der Waals surface area contributed by atoms with E-state index in [4.69, 9.17) is 9.47 Å². The third-order valence-electron chi connectivity index (χ3n) is 4.85.